The maximum absolute atomic E-state index is 5.75. The molecule has 1 fully saturated rings. The molecule has 0 saturated carbocycles. The standard InChI is InChI=1S/C18H38N2O/c1-7-18(8-2,13-19-12-16(3)4)15-20-11-9-10-17(5,14-20)21-6/h16,19H,7-15H2,1-6H3. The maximum atomic E-state index is 5.75. The molecular weight excluding hydrogens is 260 g/mol. The average Bonchev–Trinajstić information content (AvgIpc) is 2.46. The summed E-state index contributed by atoms with van der Waals surface area (Å²) in [6.45, 7) is 17.3. The molecule has 0 bridgehead atoms. The van der Waals surface area contributed by atoms with Crippen molar-refractivity contribution in [1.82, 2.24) is 10.2 Å². The van der Waals surface area contributed by atoms with E-state index in [9.17, 15) is 0 Å². The lowest BCUT2D eigenvalue weighted by atomic mass is 9.80. The van der Waals surface area contributed by atoms with Crippen molar-refractivity contribution in [3.63, 3.8) is 0 Å². The van der Waals surface area contributed by atoms with E-state index < -0.39 is 0 Å². The molecule has 1 aliphatic heterocycles. The van der Waals surface area contributed by atoms with Crippen molar-refractivity contribution in [3.8, 4) is 0 Å². The molecule has 0 spiro atoms. The van der Waals surface area contributed by atoms with Crippen LogP contribution in [-0.4, -0.2) is 50.3 Å². The van der Waals surface area contributed by atoms with Crippen molar-refractivity contribution in [2.75, 3.05) is 39.8 Å². The van der Waals surface area contributed by atoms with Gasteiger partial charge in [-0.1, -0.05) is 27.7 Å². The summed E-state index contributed by atoms with van der Waals surface area (Å²) >= 11 is 0. The first-order chi connectivity index (χ1) is 9.88. The third-order valence-electron chi connectivity index (χ3n) is 5.34. The molecule has 1 aliphatic rings. The third-order valence-corrected chi connectivity index (χ3v) is 5.34. The number of nitrogens with one attached hydrogen (secondary N) is 1. The van der Waals surface area contributed by atoms with Gasteiger partial charge in [0.25, 0.3) is 0 Å². The second-order valence-electron chi connectivity index (χ2n) is 7.70. The second-order valence-corrected chi connectivity index (χ2v) is 7.70. The Morgan fingerprint density at radius 3 is 2.48 bits per heavy atom. The lowest BCUT2D eigenvalue weighted by Gasteiger charge is -2.44. The van der Waals surface area contributed by atoms with Crippen molar-refractivity contribution >= 4 is 0 Å². The Bertz CT molecular complexity index is 289. The predicted octanol–water partition coefficient (Wildman–Crippen LogP) is 3.54. The van der Waals surface area contributed by atoms with Gasteiger partial charge in [-0.05, 0) is 57.0 Å². The molecule has 126 valence electrons. The Labute approximate surface area is 132 Å². The highest BCUT2D eigenvalue weighted by Crippen LogP contribution is 2.31. The van der Waals surface area contributed by atoms with Crippen LogP contribution in [0.3, 0.4) is 0 Å². The number of piperidine rings is 1. The smallest absolute Gasteiger partial charge is 0.0777 e. The quantitative estimate of drug-likeness (QED) is 0.704. The summed E-state index contributed by atoms with van der Waals surface area (Å²) in [5.41, 5.74) is 0.456. The monoisotopic (exact) mass is 298 g/mol. The summed E-state index contributed by atoms with van der Waals surface area (Å²) in [4.78, 5) is 2.64. The number of ether oxygens (including phenoxy) is 1. The highest BCUT2D eigenvalue weighted by atomic mass is 16.5. The first kappa shape index (κ1) is 18.9. The van der Waals surface area contributed by atoms with E-state index in [1.807, 2.05) is 7.11 Å². The predicted molar refractivity (Wildman–Crippen MR) is 91.8 cm³/mol. The molecule has 0 aromatic heterocycles. The first-order valence-corrected chi connectivity index (χ1v) is 8.87. The van der Waals surface area contributed by atoms with Gasteiger partial charge < -0.3 is 10.1 Å². The molecule has 0 amide bonds. The van der Waals surface area contributed by atoms with E-state index in [0.29, 0.717) is 5.41 Å². The van der Waals surface area contributed by atoms with Crippen LogP contribution in [0.4, 0.5) is 0 Å². The highest BCUT2D eigenvalue weighted by molar-refractivity contribution is 4.89. The molecule has 1 unspecified atom stereocenters. The molecule has 0 aliphatic carbocycles. The van der Waals surface area contributed by atoms with Gasteiger partial charge in [-0.15, -0.1) is 0 Å². The minimum Gasteiger partial charge on any atom is -0.377 e. The van der Waals surface area contributed by atoms with Crippen LogP contribution in [0.1, 0.15) is 60.3 Å². The van der Waals surface area contributed by atoms with Crippen LogP contribution in [0.2, 0.25) is 0 Å². The van der Waals surface area contributed by atoms with Gasteiger partial charge >= 0.3 is 0 Å². The Hall–Kier alpha value is -0.120. The van der Waals surface area contributed by atoms with E-state index in [0.717, 1.165) is 25.6 Å². The summed E-state index contributed by atoms with van der Waals surface area (Å²) in [5, 5.41) is 3.69. The van der Waals surface area contributed by atoms with Crippen molar-refractivity contribution in [2.45, 2.75) is 65.9 Å². The van der Waals surface area contributed by atoms with Gasteiger partial charge in [0.2, 0.25) is 0 Å². The molecule has 3 nitrogen and oxygen atoms in total. The molecule has 21 heavy (non-hydrogen) atoms. The van der Waals surface area contributed by atoms with Crippen LogP contribution in [0.15, 0.2) is 0 Å². The zero-order valence-corrected chi connectivity index (χ0v) is 15.3. The number of hydrogen-bond acceptors (Lipinski definition) is 3. The maximum Gasteiger partial charge on any atom is 0.0777 e. The van der Waals surface area contributed by atoms with Crippen LogP contribution >= 0.6 is 0 Å². The van der Waals surface area contributed by atoms with Crippen LogP contribution in [0.25, 0.3) is 0 Å². The van der Waals surface area contributed by atoms with E-state index in [2.05, 4.69) is 44.8 Å². The molecule has 0 aromatic rings. The Morgan fingerprint density at radius 2 is 1.95 bits per heavy atom. The second kappa shape index (κ2) is 8.50. The highest BCUT2D eigenvalue weighted by Gasteiger charge is 2.35. The summed E-state index contributed by atoms with van der Waals surface area (Å²) in [6, 6.07) is 0. The Morgan fingerprint density at radius 1 is 1.29 bits per heavy atom. The van der Waals surface area contributed by atoms with Gasteiger partial charge in [-0.2, -0.15) is 0 Å². The van der Waals surface area contributed by atoms with Gasteiger partial charge in [-0.3, -0.25) is 4.90 Å². The largest absolute Gasteiger partial charge is 0.377 e. The summed E-state index contributed by atoms with van der Waals surface area (Å²) in [6.07, 6.45) is 4.94. The normalized spacial score (nSPS) is 24.7. The van der Waals surface area contributed by atoms with Crippen molar-refractivity contribution in [3.05, 3.63) is 0 Å². The van der Waals surface area contributed by atoms with Gasteiger partial charge in [0, 0.05) is 26.7 Å². The summed E-state index contributed by atoms with van der Waals surface area (Å²) in [7, 11) is 1.86. The average molecular weight is 299 g/mol. The topological polar surface area (TPSA) is 24.5 Å². The fourth-order valence-electron chi connectivity index (χ4n) is 3.49. The number of hydrogen-bond donors (Lipinski definition) is 1. The minimum absolute atomic E-state index is 0.0524. The van der Waals surface area contributed by atoms with E-state index >= 15 is 0 Å². The van der Waals surface area contributed by atoms with Crippen molar-refractivity contribution in [2.24, 2.45) is 11.3 Å². The lowest BCUT2D eigenvalue weighted by Crippen LogP contribution is -2.52. The van der Waals surface area contributed by atoms with Gasteiger partial charge in [0.1, 0.15) is 0 Å². The number of rotatable bonds is 9. The zero-order valence-electron chi connectivity index (χ0n) is 15.3. The van der Waals surface area contributed by atoms with E-state index in [-0.39, 0.29) is 5.60 Å². The fraction of sp³-hybridized carbons (Fsp3) is 1.00. The molecule has 1 saturated heterocycles. The van der Waals surface area contributed by atoms with E-state index in [1.165, 1.54) is 38.8 Å². The molecule has 1 rings (SSSR count). The van der Waals surface area contributed by atoms with Gasteiger partial charge in [0.05, 0.1) is 5.60 Å². The van der Waals surface area contributed by atoms with E-state index in [1.54, 1.807) is 0 Å². The number of likely N-dealkylation sites (tertiary alicyclic amines) is 1. The molecule has 1 atom stereocenters. The third kappa shape index (κ3) is 5.88. The Balaban J connectivity index is 2.60. The summed E-state index contributed by atoms with van der Waals surface area (Å²) in [5.74, 6) is 0.725. The summed E-state index contributed by atoms with van der Waals surface area (Å²) < 4.78 is 5.75. The molecule has 3 heteroatoms. The lowest BCUT2D eigenvalue weighted by molar-refractivity contribution is -0.0600. The first-order valence-electron chi connectivity index (χ1n) is 8.87. The molecule has 1 N–H and O–H groups in total. The Kier molecular flexibility index (Phi) is 7.66. The van der Waals surface area contributed by atoms with Crippen LogP contribution in [-0.2, 0) is 4.74 Å². The van der Waals surface area contributed by atoms with Crippen molar-refractivity contribution < 1.29 is 4.74 Å². The van der Waals surface area contributed by atoms with Gasteiger partial charge in [-0.25, -0.2) is 0 Å². The molecular formula is C18H38N2O. The SMILES string of the molecule is CCC(CC)(CNCC(C)C)CN1CCCC(C)(OC)C1. The van der Waals surface area contributed by atoms with Crippen molar-refractivity contribution in [1.29, 1.82) is 0 Å². The molecule has 1 heterocycles. The number of nitrogens with zero attached hydrogens (tertiary/aromatic N) is 1. The van der Waals surface area contributed by atoms with Crippen LogP contribution in [0, 0.1) is 11.3 Å². The van der Waals surface area contributed by atoms with Crippen LogP contribution in [0.5, 0.6) is 0 Å². The van der Waals surface area contributed by atoms with E-state index in [4.69, 9.17) is 4.74 Å². The number of methoxy groups -OCH3 is 1. The molecule has 0 radical (unpaired) electrons. The zero-order chi connectivity index (χ0) is 15.9. The fourth-order valence-corrected chi connectivity index (χ4v) is 3.49. The minimum atomic E-state index is 0.0524. The van der Waals surface area contributed by atoms with Gasteiger partial charge in [0.15, 0.2) is 0 Å². The molecule has 0 aromatic carbocycles. The van der Waals surface area contributed by atoms with Crippen LogP contribution < -0.4 is 5.32 Å².